The Morgan fingerprint density at radius 1 is 1.19 bits per heavy atom. The van der Waals surface area contributed by atoms with Gasteiger partial charge in [0.1, 0.15) is 5.82 Å². The SMILES string of the molecule is COc1cc(-c2nccn2C2CCOCC2)ccc1OCC(=O)N1CCOCC1.O=CO. The summed E-state index contributed by atoms with van der Waals surface area (Å²) in [6.45, 7) is 3.63. The van der Waals surface area contributed by atoms with Crippen LogP contribution in [0, 0.1) is 0 Å². The van der Waals surface area contributed by atoms with Gasteiger partial charge in [-0.15, -0.1) is 0 Å². The molecule has 3 heterocycles. The predicted molar refractivity (Wildman–Crippen MR) is 115 cm³/mol. The Bertz CT molecular complexity index is 874. The van der Waals surface area contributed by atoms with Gasteiger partial charge in [-0.1, -0.05) is 0 Å². The van der Waals surface area contributed by atoms with Gasteiger partial charge < -0.3 is 33.5 Å². The predicted octanol–water partition coefficient (Wildman–Crippen LogP) is 1.85. The van der Waals surface area contributed by atoms with Crippen molar-refractivity contribution in [2.24, 2.45) is 0 Å². The minimum atomic E-state index is -0.250. The van der Waals surface area contributed by atoms with E-state index in [1.807, 2.05) is 30.6 Å². The fourth-order valence-electron chi connectivity index (χ4n) is 3.76. The number of benzene rings is 1. The van der Waals surface area contributed by atoms with Crippen LogP contribution in [-0.4, -0.2) is 85.2 Å². The number of morpholine rings is 1. The second-order valence-corrected chi connectivity index (χ2v) is 7.25. The molecule has 1 aromatic heterocycles. The highest BCUT2D eigenvalue weighted by Gasteiger charge is 2.21. The Morgan fingerprint density at radius 3 is 2.56 bits per heavy atom. The first-order valence-electron chi connectivity index (χ1n) is 10.5. The zero-order chi connectivity index (χ0) is 22.8. The van der Waals surface area contributed by atoms with Crippen molar-refractivity contribution in [3.63, 3.8) is 0 Å². The molecule has 174 valence electrons. The number of imidazole rings is 1. The summed E-state index contributed by atoms with van der Waals surface area (Å²) in [5, 5.41) is 6.89. The third-order valence-corrected chi connectivity index (χ3v) is 5.39. The summed E-state index contributed by atoms with van der Waals surface area (Å²) < 4.78 is 24.2. The van der Waals surface area contributed by atoms with Crippen LogP contribution in [0.3, 0.4) is 0 Å². The lowest BCUT2D eigenvalue weighted by Gasteiger charge is -2.27. The molecule has 1 aromatic carbocycles. The summed E-state index contributed by atoms with van der Waals surface area (Å²) in [6, 6.07) is 6.08. The summed E-state index contributed by atoms with van der Waals surface area (Å²) in [7, 11) is 1.60. The lowest BCUT2D eigenvalue weighted by molar-refractivity contribution is -0.137. The summed E-state index contributed by atoms with van der Waals surface area (Å²) in [5.74, 6) is 1.97. The molecule has 0 aliphatic carbocycles. The average molecular weight is 447 g/mol. The van der Waals surface area contributed by atoms with Crippen LogP contribution in [0.25, 0.3) is 11.4 Å². The molecule has 1 amide bonds. The molecule has 0 atom stereocenters. The fourth-order valence-corrected chi connectivity index (χ4v) is 3.76. The number of ether oxygens (including phenoxy) is 4. The summed E-state index contributed by atoms with van der Waals surface area (Å²) in [4.78, 5) is 27.0. The topological polar surface area (TPSA) is 112 Å². The molecule has 0 bridgehead atoms. The van der Waals surface area contributed by atoms with Crippen molar-refractivity contribution in [2.45, 2.75) is 18.9 Å². The van der Waals surface area contributed by atoms with Crippen LogP contribution in [0.5, 0.6) is 11.5 Å². The maximum absolute atomic E-state index is 12.3. The molecule has 2 aliphatic heterocycles. The average Bonchev–Trinajstić information content (AvgIpc) is 3.34. The van der Waals surface area contributed by atoms with Gasteiger partial charge in [-0.3, -0.25) is 9.59 Å². The molecule has 0 saturated carbocycles. The van der Waals surface area contributed by atoms with E-state index in [1.165, 1.54) is 0 Å². The number of rotatable bonds is 6. The second kappa shape index (κ2) is 12.1. The fraction of sp³-hybridized carbons (Fsp3) is 0.500. The third-order valence-electron chi connectivity index (χ3n) is 5.39. The summed E-state index contributed by atoms with van der Waals surface area (Å²) in [5.41, 5.74) is 0.949. The van der Waals surface area contributed by atoms with Crippen molar-refractivity contribution >= 4 is 12.4 Å². The van der Waals surface area contributed by atoms with Gasteiger partial charge in [0.2, 0.25) is 0 Å². The van der Waals surface area contributed by atoms with Crippen molar-refractivity contribution in [1.29, 1.82) is 0 Å². The highest BCUT2D eigenvalue weighted by Crippen LogP contribution is 2.34. The van der Waals surface area contributed by atoms with E-state index >= 15 is 0 Å². The molecule has 32 heavy (non-hydrogen) atoms. The van der Waals surface area contributed by atoms with E-state index in [0.29, 0.717) is 43.8 Å². The van der Waals surface area contributed by atoms with Crippen LogP contribution < -0.4 is 9.47 Å². The highest BCUT2D eigenvalue weighted by molar-refractivity contribution is 5.78. The molecule has 0 unspecified atom stereocenters. The first-order valence-corrected chi connectivity index (χ1v) is 10.5. The number of nitrogens with zero attached hydrogens (tertiary/aromatic N) is 3. The van der Waals surface area contributed by atoms with E-state index in [4.69, 9.17) is 28.8 Å². The van der Waals surface area contributed by atoms with E-state index in [-0.39, 0.29) is 19.0 Å². The molecule has 0 spiro atoms. The van der Waals surface area contributed by atoms with Gasteiger partial charge in [-0.2, -0.15) is 0 Å². The Hall–Kier alpha value is -3.11. The molecule has 10 heteroatoms. The number of hydrogen-bond donors (Lipinski definition) is 1. The van der Waals surface area contributed by atoms with Crippen molar-refractivity contribution in [2.75, 3.05) is 53.2 Å². The molecule has 0 radical (unpaired) electrons. The Labute approximate surface area is 186 Å². The number of carbonyl (C=O) groups is 2. The van der Waals surface area contributed by atoms with Crippen LogP contribution in [0.4, 0.5) is 0 Å². The maximum Gasteiger partial charge on any atom is 0.290 e. The monoisotopic (exact) mass is 447 g/mol. The molecule has 1 N–H and O–H groups in total. The summed E-state index contributed by atoms with van der Waals surface area (Å²) in [6.07, 6.45) is 5.79. The van der Waals surface area contributed by atoms with Gasteiger partial charge in [0.15, 0.2) is 18.1 Å². The quantitative estimate of drug-likeness (QED) is 0.668. The highest BCUT2D eigenvalue weighted by atomic mass is 16.5. The molecule has 10 nitrogen and oxygen atoms in total. The van der Waals surface area contributed by atoms with E-state index in [1.54, 1.807) is 12.0 Å². The number of aromatic nitrogens is 2. The van der Waals surface area contributed by atoms with Crippen molar-refractivity contribution in [1.82, 2.24) is 14.5 Å². The first kappa shape index (κ1) is 23.6. The molecule has 2 aliphatic rings. The van der Waals surface area contributed by atoms with E-state index in [9.17, 15) is 4.79 Å². The van der Waals surface area contributed by atoms with Gasteiger partial charge in [0, 0.05) is 50.3 Å². The van der Waals surface area contributed by atoms with Crippen LogP contribution in [-0.2, 0) is 19.1 Å². The molecular formula is C22H29N3O7. The van der Waals surface area contributed by atoms with Crippen LogP contribution in [0.1, 0.15) is 18.9 Å². The molecule has 2 saturated heterocycles. The number of carboxylic acid groups (broad SMARTS) is 1. The first-order chi connectivity index (χ1) is 15.7. The zero-order valence-corrected chi connectivity index (χ0v) is 18.1. The zero-order valence-electron chi connectivity index (χ0n) is 18.1. The van der Waals surface area contributed by atoms with Gasteiger partial charge in [0.05, 0.1) is 20.3 Å². The molecule has 4 rings (SSSR count). The van der Waals surface area contributed by atoms with Crippen molar-refractivity contribution < 1.29 is 33.6 Å². The van der Waals surface area contributed by atoms with Gasteiger partial charge in [-0.25, -0.2) is 4.98 Å². The van der Waals surface area contributed by atoms with Gasteiger partial charge in [0.25, 0.3) is 12.4 Å². The third kappa shape index (κ3) is 5.98. The van der Waals surface area contributed by atoms with E-state index in [0.717, 1.165) is 37.4 Å². The Morgan fingerprint density at radius 2 is 1.88 bits per heavy atom. The second-order valence-electron chi connectivity index (χ2n) is 7.25. The molecular weight excluding hydrogens is 418 g/mol. The minimum Gasteiger partial charge on any atom is -0.493 e. The number of amides is 1. The minimum absolute atomic E-state index is 0.0214. The number of methoxy groups -OCH3 is 1. The van der Waals surface area contributed by atoms with Crippen molar-refractivity contribution in [3.05, 3.63) is 30.6 Å². The lowest BCUT2D eigenvalue weighted by atomic mass is 10.1. The number of hydrogen-bond acceptors (Lipinski definition) is 7. The van der Waals surface area contributed by atoms with Crippen LogP contribution >= 0.6 is 0 Å². The maximum atomic E-state index is 12.3. The van der Waals surface area contributed by atoms with Gasteiger partial charge >= 0.3 is 0 Å². The lowest BCUT2D eigenvalue weighted by Crippen LogP contribution is -2.43. The van der Waals surface area contributed by atoms with E-state index in [2.05, 4.69) is 9.55 Å². The van der Waals surface area contributed by atoms with E-state index < -0.39 is 0 Å². The Kier molecular flexibility index (Phi) is 8.88. The summed E-state index contributed by atoms with van der Waals surface area (Å²) >= 11 is 0. The largest absolute Gasteiger partial charge is 0.493 e. The van der Waals surface area contributed by atoms with Gasteiger partial charge in [-0.05, 0) is 31.0 Å². The van der Waals surface area contributed by atoms with Crippen molar-refractivity contribution in [3.8, 4) is 22.9 Å². The molecule has 2 fully saturated rings. The standard InChI is InChI=1S/C21H27N3O5.CH2O2/c1-26-19-14-16(21-22-6-7-24(21)17-4-10-27-11-5-17)2-3-18(19)29-15-20(25)23-8-12-28-13-9-23;2-1-3/h2-3,6-7,14,17H,4-5,8-13,15H2,1H3;1H,(H,2,3). The van der Waals surface area contributed by atoms with Crippen LogP contribution in [0.15, 0.2) is 30.6 Å². The normalized spacial score (nSPS) is 16.6. The molecule has 2 aromatic rings. The smallest absolute Gasteiger partial charge is 0.290 e. The van der Waals surface area contributed by atoms with Crippen LogP contribution in [0.2, 0.25) is 0 Å². The number of carbonyl (C=O) groups excluding carboxylic acids is 1. The Balaban J connectivity index is 0.000000913.